The molecule has 0 saturated carbocycles. The lowest BCUT2D eigenvalue weighted by Crippen LogP contribution is -2.13. The van der Waals surface area contributed by atoms with Crippen molar-refractivity contribution in [3.05, 3.63) is 65.8 Å². The highest BCUT2D eigenvalue weighted by atomic mass is 19.4. The Bertz CT molecular complexity index is 954. The van der Waals surface area contributed by atoms with Crippen LogP contribution in [0.1, 0.15) is 17.9 Å². The highest BCUT2D eigenvalue weighted by Crippen LogP contribution is 2.30. The molecule has 27 heavy (non-hydrogen) atoms. The van der Waals surface area contributed by atoms with Crippen LogP contribution in [0.3, 0.4) is 0 Å². The zero-order chi connectivity index (χ0) is 19.4. The van der Waals surface area contributed by atoms with Crippen molar-refractivity contribution < 1.29 is 26.8 Å². The van der Waals surface area contributed by atoms with E-state index < -0.39 is 23.5 Å². The van der Waals surface area contributed by atoms with Crippen molar-refractivity contribution in [3.63, 3.8) is 0 Å². The monoisotopic (exact) mass is 379 g/mol. The number of hydrogen-bond acceptors (Lipinski definition) is 4. The van der Waals surface area contributed by atoms with Gasteiger partial charge in [0.25, 0.3) is 5.89 Å². The topological polar surface area (TPSA) is 68.0 Å². The van der Waals surface area contributed by atoms with Crippen molar-refractivity contribution in [1.29, 1.82) is 0 Å². The van der Waals surface area contributed by atoms with Crippen LogP contribution in [0.5, 0.6) is 0 Å². The maximum Gasteiger partial charge on any atom is 0.416 e. The largest absolute Gasteiger partial charge is 0.421 e. The second-order valence-electron chi connectivity index (χ2n) is 5.61. The van der Waals surface area contributed by atoms with E-state index in [2.05, 4.69) is 15.5 Å². The van der Waals surface area contributed by atoms with Gasteiger partial charge in [-0.05, 0) is 30.3 Å². The fourth-order valence-corrected chi connectivity index (χ4v) is 2.32. The van der Waals surface area contributed by atoms with Crippen molar-refractivity contribution in [2.75, 3.05) is 5.32 Å². The predicted molar refractivity (Wildman–Crippen MR) is 88.1 cm³/mol. The van der Waals surface area contributed by atoms with Gasteiger partial charge in [0.05, 0.1) is 11.1 Å². The van der Waals surface area contributed by atoms with E-state index in [1.165, 1.54) is 30.3 Å². The Morgan fingerprint density at radius 3 is 2.59 bits per heavy atom. The molecule has 1 amide bonds. The fraction of sp³-hybridized carbons (Fsp3) is 0.167. The summed E-state index contributed by atoms with van der Waals surface area (Å²) in [5.74, 6) is -0.927. The Morgan fingerprint density at radius 1 is 1.07 bits per heavy atom. The number of halogens is 4. The number of amides is 1. The third kappa shape index (κ3) is 4.69. The average molecular weight is 379 g/mol. The molecular formula is C18H13F4N3O2. The van der Waals surface area contributed by atoms with Crippen LogP contribution < -0.4 is 5.32 Å². The predicted octanol–water partition coefficient (Wildman–Crippen LogP) is 4.47. The van der Waals surface area contributed by atoms with E-state index in [0.29, 0.717) is 0 Å². The minimum absolute atomic E-state index is 0.0126. The maximum atomic E-state index is 13.7. The van der Waals surface area contributed by atoms with Crippen LogP contribution in [-0.4, -0.2) is 16.1 Å². The minimum Gasteiger partial charge on any atom is -0.421 e. The quantitative estimate of drug-likeness (QED) is 0.665. The molecule has 0 radical (unpaired) electrons. The third-order valence-electron chi connectivity index (χ3n) is 3.61. The summed E-state index contributed by atoms with van der Waals surface area (Å²) in [4.78, 5) is 11.9. The van der Waals surface area contributed by atoms with Gasteiger partial charge in [-0.2, -0.15) is 13.2 Å². The lowest BCUT2D eigenvalue weighted by atomic mass is 10.2. The van der Waals surface area contributed by atoms with E-state index in [0.717, 1.165) is 12.1 Å². The van der Waals surface area contributed by atoms with Gasteiger partial charge in [0.1, 0.15) is 5.82 Å². The number of aryl methyl sites for hydroxylation is 1. The van der Waals surface area contributed by atoms with Gasteiger partial charge in [0, 0.05) is 18.5 Å². The SMILES string of the molecule is O=C(CCc1nnc(-c2ccccc2F)o1)Nc1cccc(C(F)(F)F)c1. The van der Waals surface area contributed by atoms with E-state index in [1.807, 2.05) is 0 Å². The molecule has 0 aliphatic rings. The number of carbonyl (C=O) groups is 1. The summed E-state index contributed by atoms with van der Waals surface area (Å²) in [6.45, 7) is 0. The first kappa shape index (κ1) is 18.6. The summed E-state index contributed by atoms with van der Waals surface area (Å²) in [7, 11) is 0. The normalized spacial score (nSPS) is 11.4. The van der Waals surface area contributed by atoms with Gasteiger partial charge in [-0.3, -0.25) is 4.79 Å². The van der Waals surface area contributed by atoms with Crippen molar-refractivity contribution in [1.82, 2.24) is 10.2 Å². The molecule has 0 fully saturated rings. The van der Waals surface area contributed by atoms with Gasteiger partial charge >= 0.3 is 6.18 Å². The smallest absolute Gasteiger partial charge is 0.416 e. The molecule has 1 heterocycles. The van der Waals surface area contributed by atoms with E-state index >= 15 is 0 Å². The number of rotatable bonds is 5. The Morgan fingerprint density at radius 2 is 1.85 bits per heavy atom. The number of hydrogen-bond donors (Lipinski definition) is 1. The van der Waals surface area contributed by atoms with Crippen LogP contribution in [0.4, 0.5) is 23.2 Å². The summed E-state index contributed by atoms with van der Waals surface area (Å²) >= 11 is 0. The van der Waals surface area contributed by atoms with E-state index in [9.17, 15) is 22.4 Å². The van der Waals surface area contributed by atoms with Gasteiger partial charge in [-0.1, -0.05) is 18.2 Å². The van der Waals surface area contributed by atoms with Crippen molar-refractivity contribution in [2.45, 2.75) is 19.0 Å². The molecule has 9 heteroatoms. The molecule has 0 aliphatic carbocycles. The Labute approximate surface area is 151 Å². The molecule has 0 unspecified atom stereocenters. The standard InChI is InChI=1S/C18H13F4N3O2/c19-14-7-2-1-6-13(14)17-25-24-16(27-17)9-8-15(26)23-12-5-3-4-11(10-12)18(20,21)22/h1-7,10H,8-9H2,(H,23,26). The first-order chi connectivity index (χ1) is 12.8. The molecule has 1 aromatic heterocycles. The lowest BCUT2D eigenvalue weighted by Gasteiger charge is -2.09. The van der Waals surface area contributed by atoms with Crippen LogP contribution in [0, 0.1) is 5.82 Å². The van der Waals surface area contributed by atoms with E-state index in [1.54, 1.807) is 6.07 Å². The molecule has 0 aliphatic heterocycles. The molecule has 0 saturated heterocycles. The van der Waals surface area contributed by atoms with Crippen molar-refractivity contribution >= 4 is 11.6 Å². The number of alkyl halides is 3. The summed E-state index contributed by atoms with van der Waals surface area (Å²) in [6, 6.07) is 10.2. The molecule has 2 aromatic carbocycles. The molecule has 3 aromatic rings. The second kappa shape index (κ2) is 7.56. The van der Waals surface area contributed by atoms with Crippen LogP contribution in [0.2, 0.25) is 0 Å². The summed E-state index contributed by atoms with van der Waals surface area (Å²) in [6.07, 6.45) is -4.52. The highest BCUT2D eigenvalue weighted by molar-refractivity contribution is 5.90. The molecule has 1 N–H and O–H groups in total. The van der Waals surface area contributed by atoms with Crippen LogP contribution in [0.15, 0.2) is 52.9 Å². The molecule has 0 spiro atoms. The second-order valence-corrected chi connectivity index (χ2v) is 5.61. The maximum absolute atomic E-state index is 13.7. The zero-order valence-electron chi connectivity index (χ0n) is 13.8. The number of benzene rings is 2. The number of aromatic nitrogens is 2. The molecule has 140 valence electrons. The van der Waals surface area contributed by atoms with Gasteiger partial charge in [0.2, 0.25) is 11.8 Å². The first-order valence-corrected chi connectivity index (χ1v) is 7.87. The zero-order valence-corrected chi connectivity index (χ0v) is 13.8. The van der Waals surface area contributed by atoms with Crippen molar-refractivity contribution in [2.24, 2.45) is 0 Å². The van der Waals surface area contributed by atoms with E-state index in [-0.39, 0.29) is 35.9 Å². The molecular weight excluding hydrogens is 366 g/mol. The fourth-order valence-electron chi connectivity index (χ4n) is 2.32. The number of anilines is 1. The number of nitrogens with one attached hydrogen (secondary N) is 1. The van der Waals surface area contributed by atoms with Gasteiger partial charge in [0.15, 0.2) is 0 Å². The molecule has 0 atom stereocenters. The number of nitrogens with zero attached hydrogens (tertiary/aromatic N) is 2. The molecule has 0 bridgehead atoms. The molecule has 3 rings (SSSR count). The van der Waals surface area contributed by atoms with Gasteiger partial charge in [-0.15, -0.1) is 10.2 Å². The van der Waals surface area contributed by atoms with Crippen LogP contribution in [0.25, 0.3) is 11.5 Å². The summed E-state index contributed by atoms with van der Waals surface area (Å²) in [5, 5.41) is 9.86. The minimum atomic E-state index is -4.49. The average Bonchev–Trinajstić information content (AvgIpc) is 3.09. The number of carbonyl (C=O) groups excluding carboxylic acids is 1. The van der Waals surface area contributed by atoms with E-state index in [4.69, 9.17) is 4.42 Å². The first-order valence-electron chi connectivity index (χ1n) is 7.87. The lowest BCUT2D eigenvalue weighted by molar-refractivity contribution is -0.137. The summed E-state index contributed by atoms with van der Waals surface area (Å²) in [5.41, 5.74) is -0.677. The Kier molecular flexibility index (Phi) is 5.20. The highest BCUT2D eigenvalue weighted by Gasteiger charge is 2.30. The van der Waals surface area contributed by atoms with Gasteiger partial charge in [-0.25, -0.2) is 4.39 Å². The Hall–Kier alpha value is -3.23. The van der Waals surface area contributed by atoms with Crippen LogP contribution in [-0.2, 0) is 17.4 Å². The third-order valence-corrected chi connectivity index (χ3v) is 3.61. The van der Waals surface area contributed by atoms with Gasteiger partial charge < -0.3 is 9.73 Å². The Balaban J connectivity index is 1.60. The summed E-state index contributed by atoms with van der Waals surface area (Å²) < 4.78 is 57.0. The van der Waals surface area contributed by atoms with Crippen LogP contribution >= 0.6 is 0 Å². The van der Waals surface area contributed by atoms with Crippen molar-refractivity contribution in [3.8, 4) is 11.5 Å². The molecule has 5 nitrogen and oxygen atoms in total.